The summed E-state index contributed by atoms with van der Waals surface area (Å²) in [4.78, 5) is 16.0. The zero-order chi connectivity index (χ0) is 15.6. The predicted molar refractivity (Wildman–Crippen MR) is 84.8 cm³/mol. The fourth-order valence-corrected chi connectivity index (χ4v) is 3.14. The van der Waals surface area contributed by atoms with Crippen LogP contribution in [0.3, 0.4) is 0 Å². The number of carbonyl (C=O) groups excluding carboxylic acids is 1. The number of nitrogens with one attached hydrogen (secondary N) is 2. The van der Waals surface area contributed by atoms with Crippen LogP contribution in [0.1, 0.15) is 30.9 Å². The van der Waals surface area contributed by atoms with Crippen molar-refractivity contribution in [1.82, 2.24) is 20.1 Å². The summed E-state index contributed by atoms with van der Waals surface area (Å²) in [6.07, 6.45) is 4.76. The summed E-state index contributed by atoms with van der Waals surface area (Å²) in [6, 6.07) is 8.27. The van der Waals surface area contributed by atoms with Crippen LogP contribution in [-0.4, -0.2) is 27.3 Å². The Kier molecular flexibility index (Phi) is 3.83. The minimum Gasteiger partial charge on any atom is -0.337 e. The lowest BCUT2D eigenvalue weighted by molar-refractivity contribution is 0.247. The number of fused-ring (bicyclic) bond motifs is 1. The van der Waals surface area contributed by atoms with E-state index < -0.39 is 0 Å². The maximum Gasteiger partial charge on any atom is 0.321 e. The molecule has 0 saturated carbocycles. The van der Waals surface area contributed by atoms with Crippen molar-refractivity contribution in [3.05, 3.63) is 41.7 Å². The van der Waals surface area contributed by atoms with E-state index in [1.807, 2.05) is 0 Å². The van der Waals surface area contributed by atoms with Gasteiger partial charge in [-0.05, 0) is 30.4 Å². The van der Waals surface area contributed by atoms with Gasteiger partial charge in [-0.25, -0.2) is 9.48 Å². The molecular formula is C16H21N5O. The summed E-state index contributed by atoms with van der Waals surface area (Å²) in [5, 5.41) is 9.60. The minimum atomic E-state index is -0.250. The van der Waals surface area contributed by atoms with Gasteiger partial charge in [0.2, 0.25) is 5.95 Å². The van der Waals surface area contributed by atoms with Crippen LogP contribution in [-0.2, 0) is 18.9 Å². The minimum absolute atomic E-state index is 0.0218. The van der Waals surface area contributed by atoms with Crippen LogP contribution >= 0.6 is 0 Å². The molecule has 0 saturated heterocycles. The average Bonchev–Trinajstić information content (AvgIpc) is 2.91. The molecule has 3 rings (SSSR count). The number of nitrogens with zero attached hydrogens (tertiary/aromatic N) is 3. The molecule has 1 aromatic heterocycles. The average molecular weight is 299 g/mol. The van der Waals surface area contributed by atoms with Crippen LogP contribution in [0.5, 0.6) is 0 Å². The molecule has 0 spiro atoms. The Labute approximate surface area is 129 Å². The van der Waals surface area contributed by atoms with Crippen molar-refractivity contribution in [1.29, 1.82) is 0 Å². The van der Waals surface area contributed by atoms with Gasteiger partial charge < -0.3 is 5.32 Å². The number of benzene rings is 1. The Morgan fingerprint density at radius 2 is 2.23 bits per heavy atom. The van der Waals surface area contributed by atoms with Crippen molar-refractivity contribution >= 4 is 12.0 Å². The summed E-state index contributed by atoms with van der Waals surface area (Å²) in [7, 11) is 1.74. The fraction of sp³-hybridized carbons (Fsp3) is 0.438. The highest BCUT2D eigenvalue weighted by atomic mass is 16.2. The zero-order valence-corrected chi connectivity index (χ0v) is 13.0. The Balaban J connectivity index is 1.66. The largest absolute Gasteiger partial charge is 0.337 e. The normalized spacial score (nSPS) is 20.3. The van der Waals surface area contributed by atoms with Gasteiger partial charge in [-0.3, -0.25) is 5.32 Å². The monoisotopic (exact) mass is 299 g/mol. The summed E-state index contributed by atoms with van der Waals surface area (Å²) < 4.78 is 1.53. The topological polar surface area (TPSA) is 71.8 Å². The molecule has 0 aliphatic heterocycles. The smallest absolute Gasteiger partial charge is 0.321 e. The number of carbonyl (C=O) groups is 1. The van der Waals surface area contributed by atoms with Crippen LogP contribution in [0, 0.1) is 0 Å². The second kappa shape index (κ2) is 5.79. The highest BCUT2D eigenvalue weighted by Gasteiger charge is 2.32. The SMILES string of the molecule is Cn1ncnc1NC(=O)NCC1(C)CCCc2ccccc21. The summed E-state index contributed by atoms with van der Waals surface area (Å²) in [6.45, 7) is 2.82. The van der Waals surface area contributed by atoms with Gasteiger partial charge in [0, 0.05) is 19.0 Å². The Morgan fingerprint density at radius 1 is 1.41 bits per heavy atom. The number of hydrogen-bond acceptors (Lipinski definition) is 3. The molecular weight excluding hydrogens is 278 g/mol. The fourth-order valence-electron chi connectivity index (χ4n) is 3.14. The van der Waals surface area contributed by atoms with Crippen molar-refractivity contribution < 1.29 is 4.79 Å². The summed E-state index contributed by atoms with van der Waals surface area (Å²) in [5.41, 5.74) is 2.72. The third-order valence-corrected chi connectivity index (χ3v) is 4.42. The van der Waals surface area contributed by atoms with Gasteiger partial charge >= 0.3 is 6.03 Å². The lowest BCUT2D eigenvalue weighted by atomic mass is 9.71. The second-order valence-corrected chi connectivity index (χ2v) is 6.09. The molecule has 2 amide bonds. The lowest BCUT2D eigenvalue weighted by Crippen LogP contribution is -2.42. The number of anilines is 1. The number of hydrogen-bond donors (Lipinski definition) is 2. The highest BCUT2D eigenvalue weighted by molar-refractivity contribution is 5.87. The molecule has 0 fully saturated rings. The van der Waals surface area contributed by atoms with E-state index in [1.54, 1.807) is 7.05 Å². The number of urea groups is 1. The van der Waals surface area contributed by atoms with Gasteiger partial charge in [-0.15, -0.1) is 0 Å². The van der Waals surface area contributed by atoms with Gasteiger partial charge in [0.15, 0.2) is 0 Å². The molecule has 2 aromatic rings. The molecule has 1 heterocycles. The van der Waals surface area contributed by atoms with Crippen LogP contribution in [0.25, 0.3) is 0 Å². The molecule has 1 atom stereocenters. The standard InChI is InChI=1S/C16H21N5O/c1-16(9-5-7-12-6-3-4-8-13(12)16)10-17-15(22)20-14-18-11-19-21(14)2/h3-4,6,8,11H,5,7,9-10H2,1-2H3,(H2,17,18,19,20,22). The van der Waals surface area contributed by atoms with Crippen molar-refractivity contribution in [2.75, 3.05) is 11.9 Å². The maximum absolute atomic E-state index is 12.1. The molecule has 1 unspecified atom stereocenters. The number of amides is 2. The van der Waals surface area contributed by atoms with Crippen LogP contribution in [0.15, 0.2) is 30.6 Å². The maximum atomic E-state index is 12.1. The zero-order valence-electron chi connectivity index (χ0n) is 13.0. The second-order valence-electron chi connectivity index (χ2n) is 6.09. The van der Waals surface area contributed by atoms with Gasteiger partial charge in [0.05, 0.1) is 0 Å². The Bertz CT molecular complexity index is 681. The third-order valence-electron chi connectivity index (χ3n) is 4.42. The van der Waals surface area contributed by atoms with E-state index in [9.17, 15) is 4.79 Å². The van der Waals surface area contributed by atoms with E-state index in [0.717, 1.165) is 19.3 Å². The lowest BCUT2D eigenvalue weighted by Gasteiger charge is -2.36. The van der Waals surface area contributed by atoms with E-state index >= 15 is 0 Å². The van der Waals surface area contributed by atoms with Gasteiger partial charge in [0.25, 0.3) is 0 Å². The first-order valence-corrected chi connectivity index (χ1v) is 7.56. The third kappa shape index (κ3) is 2.81. The molecule has 6 nitrogen and oxygen atoms in total. The molecule has 1 aromatic carbocycles. The Morgan fingerprint density at radius 3 is 3.00 bits per heavy atom. The van der Waals surface area contributed by atoms with Gasteiger partial charge in [0.1, 0.15) is 6.33 Å². The van der Waals surface area contributed by atoms with Crippen molar-refractivity contribution in [2.45, 2.75) is 31.6 Å². The molecule has 1 aliphatic rings. The van der Waals surface area contributed by atoms with E-state index in [0.29, 0.717) is 12.5 Å². The van der Waals surface area contributed by atoms with Crippen LogP contribution < -0.4 is 10.6 Å². The van der Waals surface area contributed by atoms with Gasteiger partial charge in [-0.2, -0.15) is 10.1 Å². The van der Waals surface area contributed by atoms with E-state index in [2.05, 4.69) is 51.9 Å². The first-order chi connectivity index (χ1) is 10.6. The molecule has 2 N–H and O–H groups in total. The number of aromatic nitrogens is 3. The molecule has 0 bridgehead atoms. The molecule has 1 aliphatic carbocycles. The molecule has 116 valence electrons. The summed E-state index contributed by atoms with van der Waals surface area (Å²) in [5.74, 6) is 0.437. The van der Waals surface area contributed by atoms with E-state index in [-0.39, 0.29) is 11.4 Å². The van der Waals surface area contributed by atoms with Crippen LogP contribution in [0.4, 0.5) is 10.7 Å². The van der Waals surface area contributed by atoms with Crippen LogP contribution in [0.2, 0.25) is 0 Å². The summed E-state index contributed by atoms with van der Waals surface area (Å²) >= 11 is 0. The van der Waals surface area contributed by atoms with Crippen molar-refractivity contribution in [2.24, 2.45) is 7.05 Å². The Hall–Kier alpha value is -2.37. The van der Waals surface area contributed by atoms with E-state index in [1.165, 1.54) is 22.1 Å². The number of rotatable bonds is 3. The number of aryl methyl sites for hydroxylation is 2. The predicted octanol–water partition coefficient (Wildman–Crippen LogP) is 2.23. The molecule has 6 heteroatoms. The highest BCUT2D eigenvalue weighted by Crippen LogP contribution is 2.36. The quantitative estimate of drug-likeness (QED) is 0.913. The van der Waals surface area contributed by atoms with E-state index in [4.69, 9.17) is 0 Å². The van der Waals surface area contributed by atoms with Crippen molar-refractivity contribution in [3.63, 3.8) is 0 Å². The molecule has 0 radical (unpaired) electrons. The first kappa shape index (κ1) is 14.6. The van der Waals surface area contributed by atoms with Gasteiger partial charge in [-0.1, -0.05) is 31.2 Å². The van der Waals surface area contributed by atoms with Crippen molar-refractivity contribution in [3.8, 4) is 0 Å². The first-order valence-electron chi connectivity index (χ1n) is 7.56. The molecule has 22 heavy (non-hydrogen) atoms.